The summed E-state index contributed by atoms with van der Waals surface area (Å²) in [7, 11) is 1.66. The Balaban J connectivity index is 0.000000252. The third-order valence-corrected chi connectivity index (χ3v) is 1.39. The highest BCUT2D eigenvalue weighted by molar-refractivity contribution is 5.48. The van der Waals surface area contributed by atoms with Gasteiger partial charge in [-0.05, 0) is 18.6 Å². The fourth-order valence-corrected chi connectivity index (χ4v) is 0.674. The van der Waals surface area contributed by atoms with Crippen molar-refractivity contribution in [2.75, 3.05) is 7.11 Å². The summed E-state index contributed by atoms with van der Waals surface area (Å²) in [6.07, 6.45) is 2.61. The Labute approximate surface area is 79.5 Å². The fraction of sp³-hybridized carbons (Fsp3) is 0.364. The van der Waals surface area contributed by atoms with Gasteiger partial charge in [-0.3, -0.25) is 0 Å². The minimum absolute atomic E-state index is 0.708. The average Bonchev–Trinajstić information content (AvgIpc) is 2.21. The Morgan fingerprint density at radius 3 is 2.15 bits per heavy atom. The third-order valence-electron chi connectivity index (χ3n) is 1.39. The quantitative estimate of drug-likeness (QED) is 0.668. The van der Waals surface area contributed by atoms with Crippen LogP contribution in [0.2, 0.25) is 0 Å². The molecule has 0 radical (unpaired) electrons. The van der Waals surface area contributed by atoms with Crippen molar-refractivity contribution in [1.29, 1.82) is 0 Å². The van der Waals surface area contributed by atoms with Gasteiger partial charge in [0.1, 0.15) is 12.0 Å². The SMILES string of the molecule is CCCC=O.COc1ccccc1. The molecule has 0 atom stereocenters. The van der Waals surface area contributed by atoms with Crippen LogP contribution in [0.3, 0.4) is 0 Å². The number of para-hydroxylation sites is 1. The number of hydrogen-bond acceptors (Lipinski definition) is 2. The summed E-state index contributed by atoms with van der Waals surface area (Å²) < 4.78 is 4.91. The molecule has 1 rings (SSSR count). The molecule has 0 aliphatic heterocycles. The van der Waals surface area contributed by atoms with Crippen LogP contribution in [0, 0.1) is 0 Å². The van der Waals surface area contributed by atoms with Crippen LogP contribution < -0.4 is 4.74 Å². The number of rotatable bonds is 3. The maximum absolute atomic E-state index is 9.40. The number of carbonyl (C=O) groups is 1. The molecule has 2 heteroatoms. The standard InChI is InChI=1S/C7H8O.C4H8O/c1-8-7-5-3-2-4-6-7;1-2-3-4-5/h2-6H,1H3;4H,2-3H2,1H3. The lowest BCUT2D eigenvalue weighted by atomic mass is 10.3. The lowest BCUT2D eigenvalue weighted by molar-refractivity contribution is -0.107. The molecule has 0 aliphatic carbocycles. The van der Waals surface area contributed by atoms with E-state index in [1.54, 1.807) is 7.11 Å². The second kappa shape index (κ2) is 8.78. The van der Waals surface area contributed by atoms with E-state index in [1.165, 1.54) is 0 Å². The lowest BCUT2D eigenvalue weighted by Crippen LogP contribution is -1.78. The van der Waals surface area contributed by atoms with Crippen molar-refractivity contribution in [3.05, 3.63) is 30.3 Å². The minimum atomic E-state index is 0.708. The third kappa shape index (κ3) is 7.06. The van der Waals surface area contributed by atoms with Crippen LogP contribution in [0.5, 0.6) is 5.75 Å². The average molecular weight is 180 g/mol. The summed E-state index contributed by atoms with van der Waals surface area (Å²) in [5, 5.41) is 0. The molecule has 0 saturated carbocycles. The molecule has 72 valence electrons. The molecule has 13 heavy (non-hydrogen) atoms. The van der Waals surface area contributed by atoms with Gasteiger partial charge in [0.05, 0.1) is 7.11 Å². The van der Waals surface area contributed by atoms with Gasteiger partial charge in [0.25, 0.3) is 0 Å². The van der Waals surface area contributed by atoms with E-state index in [1.807, 2.05) is 37.3 Å². The number of carbonyl (C=O) groups excluding carboxylic acids is 1. The highest BCUT2D eigenvalue weighted by Crippen LogP contribution is 2.05. The summed E-state index contributed by atoms with van der Waals surface area (Å²) in [4.78, 5) is 9.40. The first-order valence-corrected chi connectivity index (χ1v) is 4.37. The Kier molecular flexibility index (Phi) is 7.90. The topological polar surface area (TPSA) is 26.3 Å². The zero-order chi connectivity index (χ0) is 9.94. The van der Waals surface area contributed by atoms with E-state index in [4.69, 9.17) is 4.74 Å². The zero-order valence-electron chi connectivity index (χ0n) is 8.19. The molecule has 0 aliphatic rings. The molecular formula is C11H16O2. The first-order valence-electron chi connectivity index (χ1n) is 4.37. The second-order valence-electron chi connectivity index (χ2n) is 2.47. The normalized spacial score (nSPS) is 8.15. The van der Waals surface area contributed by atoms with Gasteiger partial charge in [-0.1, -0.05) is 25.1 Å². The van der Waals surface area contributed by atoms with Crippen molar-refractivity contribution in [3.8, 4) is 5.75 Å². The number of hydrogen-bond donors (Lipinski definition) is 0. The van der Waals surface area contributed by atoms with Gasteiger partial charge < -0.3 is 9.53 Å². The molecule has 0 unspecified atom stereocenters. The van der Waals surface area contributed by atoms with Crippen LogP contribution >= 0.6 is 0 Å². The van der Waals surface area contributed by atoms with Gasteiger partial charge in [0.15, 0.2) is 0 Å². The molecule has 0 saturated heterocycles. The Hall–Kier alpha value is -1.31. The molecule has 0 aromatic heterocycles. The predicted octanol–water partition coefficient (Wildman–Crippen LogP) is 2.68. The minimum Gasteiger partial charge on any atom is -0.497 e. The molecule has 2 nitrogen and oxygen atoms in total. The second-order valence-corrected chi connectivity index (χ2v) is 2.47. The maximum atomic E-state index is 9.40. The van der Waals surface area contributed by atoms with E-state index in [9.17, 15) is 4.79 Å². The molecule has 0 fully saturated rings. The summed E-state index contributed by atoms with van der Waals surface area (Å²) in [5.74, 6) is 0.910. The summed E-state index contributed by atoms with van der Waals surface area (Å²) in [5.41, 5.74) is 0. The monoisotopic (exact) mass is 180 g/mol. The fourth-order valence-electron chi connectivity index (χ4n) is 0.674. The maximum Gasteiger partial charge on any atom is 0.119 e. The van der Waals surface area contributed by atoms with Crippen molar-refractivity contribution < 1.29 is 9.53 Å². The van der Waals surface area contributed by atoms with E-state index in [0.717, 1.165) is 18.5 Å². The first-order chi connectivity index (χ1) is 6.35. The lowest BCUT2D eigenvalue weighted by Gasteiger charge is -1.93. The Morgan fingerprint density at radius 2 is 1.92 bits per heavy atom. The van der Waals surface area contributed by atoms with Crippen molar-refractivity contribution in [1.82, 2.24) is 0 Å². The molecule has 1 aromatic rings. The molecule has 0 heterocycles. The van der Waals surface area contributed by atoms with Gasteiger partial charge in [-0.15, -0.1) is 0 Å². The Morgan fingerprint density at radius 1 is 1.31 bits per heavy atom. The summed E-state index contributed by atoms with van der Waals surface area (Å²) in [6.45, 7) is 1.98. The van der Waals surface area contributed by atoms with Crippen LogP contribution in [-0.2, 0) is 4.79 Å². The van der Waals surface area contributed by atoms with Crippen LogP contribution in [0.1, 0.15) is 19.8 Å². The van der Waals surface area contributed by atoms with E-state index in [2.05, 4.69) is 0 Å². The van der Waals surface area contributed by atoms with Crippen molar-refractivity contribution in [2.24, 2.45) is 0 Å². The van der Waals surface area contributed by atoms with E-state index in [-0.39, 0.29) is 0 Å². The van der Waals surface area contributed by atoms with Gasteiger partial charge in [0.2, 0.25) is 0 Å². The largest absolute Gasteiger partial charge is 0.497 e. The van der Waals surface area contributed by atoms with Crippen molar-refractivity contribution in [3.63, 3.8) is 0 Å². The van der Waals surface area contributed by atoms with Gasteiger partial charge in [-0.25, -0.2) is 0 Å². The van der Waals surface area contributed by atoms with Gasteiger partial charge in [0, 0.05) is 6.42 Å². The molecular weight excluding hydrogens is 164 g/mol. The highest BCUT2D eigenvalue weighted by Gasteiger charge is 1.80. The molecule has 1 aromatic carbocycles. The number of methoxy groups -OCH3 is 1. The molecule has 0 N–H and O–H groups in total. The van der Waals surface area contributed by atoms with E-state index < -0.39 is 0 Å². The summed E-state index contributed by atoms with van der Waals surface area (Å²) in [6, 6.07) is 9.68. The van der Waals surface area contributed by atoms with Crippen LogP contribution in [0.15, 0.2) is 30.3 Å². The van der Waals surface area contributed by atoms with Crippen LogP contribution in [0.4, 0.5) is 0 Å². The first kappa shape index (κ1) is 11.7. The van der Waals surface area contributed by atoms with Crippen molar-refractivity contribution in [2.45, 2.75) is 19.8 Å². The highest BCUT2D eigenvalue weighted by atomic mass is 16.5. The summed E-state index contributed by atoms with van der Waals surface area (Å²) >= 11 is 0. The molecule has 0 bridgehead atoms. The van der Waals surface area contributed by atoms with Crippen molar-refractivity contribution >= 4 is 6.29 Å². The number of aldehydes is 1. The number of unbranched alkanes of at least 4 members (excludes halogenated alkanes) is 1. The molecule has 0 spiro atoms. The smallest absolute Gasteiger partial charge is 0.119 e. The molecule has 0 amide bonds. The van der Waals surface area contributed by atoms with Gasteiger partial charge in [-0.2, -0.15) is 0 Å². The predicted molar refractivity (Wildman–Crippen MR) is 54.0 cm³/mol. The number of ether oxygens (including phenoxy) is 1. The van der Waals surface area contributed by atoms with Gasteiger partial charge >= 0.3 is 0 Å². The zero-order valence-corrected chi connectivity index (χ0v) is 8.19. The Bertz CT molecular complexity index is 207. The number of benzene rings is 1. The van der Waals surface area contributed by atoms with E-state index in [0.29, 0.717) is 6.42 Å². The van der Waals surface area contributed by atoms with E-state index >= 15 is 0 Å². The van der Waals surface area contributed by atoms with Crippen LogP contribution in [0.25, 0.3) is 0 Å². The van der Waals surface area contributed by atoms with Crippen LogP contribution in [-0.4, -0.2) is 13.4 Å².